The third-order valence-corrected chi connectivity index (χ3v) is 4.25. The second-order valence-corrected chi connectivity index (χ2v) is 6.64. The van der Waals surface area contributed by atoms with E-state index < -0.39 is 7.60 Å². The van der Waals surface area contributed by atoms with E-state index in [0.29, 0.717) is 12.0 Å². The smallest absolute Gasteiger partial charge is 0.321 e. The molecule has 0 fully saturated rings. The highest BCUT2D eigenvalue weighted by molar-refractivity contribution is 7.60. The van der Waals surface area contributed by atoms with E-state index in [-0.39, 0.29) is 11.1 Å². The van der Waals surface area contributed by atoms with Gasteiger partial charge in [-0.25, -0.2) is 0 Å². The summed E-state index contributed by atoms with van der Waals surface area (Å²) in [6.45, 7) is 2.17. The molecule has 0 aromatic heterocycles. The monoisotopic (exact) mass is 298 g/mol. The molecule has 112 valence electrons. The maximum atomic E-state index is 11.9. The highest BCUT2D eigenvalue weighted by atomic mass is 31.2. The van der Waals surface area contributed by atoms with Crippen molar-refractivity contribution in [3.63, 3.8) is 0 Å². The van der Waals surface area contributed by atoms with Gasteiger partial charge in [-0.15, -0.1) is 0 Å². The van der Waals surface area contributed by atoms with Gasteiger partial charge < -0.3 is 9.79 Å². The Balaban J connectivity index is 2.39. The fourth-order valence-corrected chi connectivity index (χ4v) is 2.59. The minimum Gasteiger partial charge on any atom is -0.321 e. The van der Waals surface area contributed by atoms with Gasteiger partial charge in [-0.05, 0) is 18.6 Å². The highest BCUT2D eigenvalue weighted by Crippen LogP contribution is 2.32. The molecule has 0 spiro atoms. The zero-order valence-corrected chi connectivity index (χ0v) is 12.8. The average Bonchev–Trinajstić information content (AvgIpc) is 2.41. The predicted octanol–water partition coefficient (Wildman–Crippen LogP) is 3.42. The minimum absolute atomic E-state index is 0.0396. The van der Waals surface area contributed by atoms with Gasteiger partial charge in [-0.3, -0.25) is 9.36 Å². The van der Waals surface area contributed by atoms with E-state index in [1.165, 1.54) is 43.5 Å². The Morgan fingerprint density at radius 1 is 1.00 bits per heavy atom. The van der Waals surface area contributed by atoms with E-state index in [2.05, 4.69) is 6.92 Å². The summed E-state index contributed by atoms with van der Waals surface area (Å²) < 4.78 is 11.0. The lowest BCUT2D eigenvalue weighted by atomic mass is 10.0. The maximum Gasteiger partial charge on any atom is 0.356 e. The molecule has 0 radical (unpaired) electrons. The summed E-state index contributed by atoms with van der Waals surface area (Å²) in [5.41, 5.74) is 0.524. The van der Waals surface area contributed by atoms with Crippen LogP contribution in [0.2, 0.25) is 0 Å². The van der Waals surface area contributed by atoms with Crippen LogP contribution in [0.3, 0.4) is 0 Å². The fraction of sp³-hybridized carbons (Fsp3) is 0.533. The second kappa shape index (κ2) is 8.35. The van der Waals surface area contributed by atoms with Crippen LogP contribution in [0.4, 0.5) is 0 Å². The van der Waals surface area contributed by atoms with Gasteiger partial charge in [0.25, 0.3) is 0 Å². The molecule has 0 unspecified atom stereocenters. The lowest BCUT2D eigenvalue weighted by Crippen LogP contribution is -2.06. The topological polar surface area (TPSA) is 74.6 Å². The van der Waals surface area contributed by atoms with Gasteiger partial charge in [0.1, 0.15) is 0 Å². The Bertz CT molecular complexity index is 461. The molecule has 0 saturated heterocycles. The Kier molecular flexibility index (Phi) is 7.14. The van der Waals surface area contributed by atoms with Crippen LogP contribution in [0.25, 0.3) is 0 Å². The summed E-state index contributed by atoms with van der Waals surface area (Å²) >= 11 is 0. The van der Waals surface area contributed by atoms with Gasteiger partial charge in [0.2, 0.25) is 0 Å². The number of hydrogen-bond donors (Lipinski definition) is 2. The summed E-state index contributed by atoms with van der Waals surface area (Å²) in [7, 11) is -4.22. The van der Waals surface area contributed by atoms with Gasteiger partial charge >= 0.3 is 7.60 Å². The van der Waals surface area contributed by atoms with E-state index >= 15 is 0 Å². The minimum atomic E-state index is -4.22. The van der Waals surface area contributed by atoms with Crippen LogP contribution in [0.5, 0.6) is 0 Å². The Hall–Kier alpha value is -0.960. The van der Waals surface area contributed by atoms with Crippen molar-refractivity contribution < 1.29 is 19.1 Å². The van der Waals surface area contributed by atoms with Crippen LogP contribution in [0.15, 0.2) is 24.3 Å². The first-order chi connectivity index (χ1) is 9.45. The summed E-state index contributed by atoms with van der Waals surface area (Å²) in [5.74, 6) is 0.0396. The fourth-order valence-electron chi connectivity index (χ4n) is 2.05. The molecule has 0 atom stereocenters. The predicted molar refractivity (Wildman–Crippen MR) is 80.4 cm³/mol. The van der Waals surface area contributed by atoms with Crippen LogP contribution >= 0.6 is 7.60 Å². The maximum absolute atomic E-state index is 11.9. The van der Waals surface area contributed by atoms with E-state index in [4.69, 9.17) is 9.79 Å². The third kappa shape index (κ3) is 6.00. The van der Waals surface area contributed by atoms with Crippen molar-refractivity contribution in [3.8, 4) is 0 Å². The number of hydrogen-bond acceptors (Lipinski definition) is 2. The van der Waals surface area contributed by atoms with Crippen molar-refractivity contribution in [2.45, 2.75) is 51.9 Å². The number of benzene rings is 1. The van der Waals surface area contributed by atoms with Crippen LogP contribution in [0.1, 0.15) is 62.2 Å². The van der Waals surface area contributed by atoms with Gasteiger partial charge in [0, 0.05) is 12.0 Å². The molecule has 1 aromatic carbocycles. The first kappa shape index (κ1) is 17.1. The van der Waals surface area contributed by atoms with E-state index in [9.17, 15) is 9.36 Å². The van der Waals surface area contributed by atoms with Crippen molar-refractivity contribution >= 4 is 18.7 Å². The molecule has 0 aliphatic carbocycles. The number of ketones is 1. The molecular formula is C15H23O4P. The molecular weight excluding hydrogens is 275 g/mol. The summed E-state index contributed by atoms with van der Waals surface area (Å²) in [5, 5.41) is -0.0476. The van der Waals surface area contributed by atoms with Gasteiger partial charge in [0.15, 0.2) is 5.78 Å². The average molecular weight is 298 g/mol. The zero-order chi connectivity index (χ0) is 15.0. The van der Waals surface area contributed by atoms with E-state index in [0.717, 1.165) is 19.3 Å². The van der Waals surface area contributed by atoms with Crippen molar-refractivity contribution in [2.75, 3.05) is 0 Å². The number of unbranched alkanes of at least 4 members (excludes halogenated alkanes) is 5. The Morgan fingerprint density at radius 3 is 2.10 bits per heavy atom. The van der Waals surface area contributed by atoms with Gasteiger partial charge in [0.05, 0.1) is 5.30 Å². The van der Waals surface area contributed by atoms with Gasteiger partial charge in [-0.2, -0.15) is 0 Å². The number of carbonyl (C=O) groups is 1. The third-order valence-electron chi connectivity index (χ3n) is 3.28. The Morgan fingerprint density at radius 2 is 1.55 bits per heavy atom. The first-order valence-electron chi connectivity index (χ1n) is 7.14. The number of Topliss-reactive ketones (excluding diaryl/α,β-unsaturated/α-hetero) is 1. The van der Waals surface area contributed by atoms with Crippen LogP contribution < -0.4 is 5.30 Å². The first-order valence-corrected chi connectivity index (χ1v) is 8.75. The molecule has 2 N–H and O–H groups in total. The van der Waals surface area contributed by atoms with Crippen LogP contribution in [0, 0.1) is 0 Å². The SMILES string of the molecule is CCCCCCCCC(=O)c1ccc(P(=O)(O)O)cc1. The molecule has 0 aliphatic heterocycles. The summed E-state index contributed by atoms with van der Waals surface area (Å²) in [6, 6.07) is 5.65. The summed E-state index contributed by atoms with van der Waals surface area (Å²) in [6.07, 6.45) is 7.29. The molecule has 4 nitrogen and oxygen atoms in total. The zero-order valence-electron chi connectivity index (χ0n) is 11.9. The lowest BCUT2D eigenvalue weighted by molar-refractivity contribution is 0.0979. The van der Waals surface area contributed by atoms with Crippen LogP contribution in [-0.2, 0) is 4.57 Å². The molecule has 0 amide bonds. The second-order valence-electron chi connectivity index (χ2n) is 5.03. The van der Waals surface area contributed by atoms with Crippen molar-refractivity contribution in [1.82, 2.24) is 0 Å². The molecule has 20 heavy (non-hydrogen) atoms. The molecule has 1 aromatic rings. The molecule has 0 saturated carbocycles. The number of rotatable bonds is 9. The van der Waals surface area contributed by atoms with Crippen molar-refractivity contribution in [3.05, 3.63) is 29.8 Å². The molecule has 1 rings (SSSR count). The molecule has 0 heterocycles. The van der Waals surface area contributed by atoms with Crippen molar-refractivity contribution in [1.29, 1.82) is 0 Å². The van der Waals surface area contributed by atoms with Crippen molar-refractivity contribution in [2.24, 2.45) is 0 Å². The quantitative estimate of drug-likeness (QED) is 0.416. The largest absolute Gasteiger partial charge is 0.356 e. The van der Waals surface area contributed by atoms with E-state index in [1.54, 1.807) is 0 Å². The molecule has 5 heteroatoms. The summed E-state index contributed by atoms with van der Waals surface area (Å²) in [4.78, 5) is 29.9. The van der Waals surface area contributed by atoms with Gasteiger partial charge in [-0.1, -0.05) is 51.2 Å². The Labute approximate surface area is 120 Å². The standard InChI is InChI=1S/C15H23O4P/c1-2-3-4-5-6-7-8-15(16)13-9-11-14(12-10-13)20(17,18)19/h9-12H,2-8H2,1H3,(H2,17,18,19). The van der Waals surface area contributed by atoms with Crippen LogP contribution in [-0.4, -0.2) is 15.6 Å². The lowest BCUT2D eigenvalue weighted by Gasteiger charge is -2.05. The number of carbonyl (C=O) groups excluding carboxylic acids is 1. The highest BCUT2D eigenvalue weighted by Gasteiger charge is 2.17. The normalized spacial score (nSPS) is 11.6. The molecule has 0 bridgehead atoms. The van der Waals surface area contributed by atoms with E-state index in [1.807, 2.05) is 0 Å². The molecule has 0 aliphatic rings.